The highest BCUT2D eigenvalue weighted by molar-refractivity contribution is 4.82. The lowest BCUT2D eigenvalue weighted by molar-refractivity contribution is -0.136. The zero-order valence-corrected chi connectivity index (χ0v) is 6.77. The van der Waals surface area contributed by atoms with E-state index in [0.717, 1.165) is 13.1 Å². The summed E-state index contributed by atoms with van der Waals surface area (Å²) in [6.45, 7) is 2.02. The summed E-state index contributed by atoms with van der Waals surface area (Å²) in [6, 6.07) is 0.177. The maximum absolute atomic E-state index is 11.7. The van der Waals surface area contributed by atoms with Crippen LogP contribution in [0.5, 0.6) is 0 Å². The van der Waals surface area contributed by atoms with E-state index in [0.29, 0.717) is 6.54 Å². The van der Waals surface area contributed by atoms with Gasteiger partial charge < -0.3 is 10.6 Å². The van der Waals surface area contributed by atoms with Crippen LogP contribution < -0.4 is 5.73 Å². The van der Waals surface area contributed by atoms with E-state index in [2.05, 4.69) is 0 Å². The third kappa shape index (κ3) is 3.40. The number of likely N-dealkylation sites (tertiary alicyclic amines) is 1. The van der Waals surface area contributed by atoms with Crippen molar-refractivity contribution >= 4 is 0 Å². The molecule has 1 aliphatic heterocycles. The van der Waals surface area contributed by atoms with E-state index < -0.39 is 12.6 Å². The molecule has 0 aromatic carbocycles. The van der Waals surface area contributed by atoms with Crippen LogP contribution in [0, 0.1) is 0 Å². The van der Waals surface area contributed by atoms with Gasteiger partial charge in [0.15, 0.2) is 0 Å². The van der Waals surface area contributed by atoms with Crippen molar-refractivity contribution in [3.63, 3.8) is 0 Å². The lowest BCUT2D eigenvalue weighted by Crippen LogP contribution is -2.55. The van der Waals surface area contributed by atoms with Gasteiger partial charge in [0.05, 0.1) is 0 Å². The van der Waals surface area contributed by atoms with Crippen LogP contribution in [-0.2, 0) is 0 Å². The molecule has 1 rings (SSSR count). The third-order valence-corrected chi connectivity index (χ3v) is 1.92. The molecule has 1 saturated heterocycles. The van der Waals surface area contributed by atoms with Crippen LogP contribution in [0.4, 0.5) is 13.2 Å². The van der Waals surface area contributed by atoms with E-state index in [1.54, 1.807) is 0 Å². The summed E-state index contributed by atoms with van der Waals surface area (Å²) in [6.07, 6.45) is -4.50. The van der Waals surface area contributed by atoms with Gasteiger partial charge in [0.25, 0.3) is 0 Å². The van der Waals surface area contributed by atoms with Gasteiger partial charge in [0.1, 0.15) is 0 Å². The van der Waals surface area contributed by atoms with Crippen molar-refractivity contribution in [2.75, 3.05) is 19.6 Å². The Morgan fingerprint density at radius 1 is 1.33 bits per heavy atom. The average Bonchev–Trinajstić information content (AvgIpc) is 1.81. The topological polar surface area (TPSA) is 29.3 Å². The summed E-state index contributed by atoms with van der Waals surface area (Å²) < 4.78 is 35.0. The van der Waals surface area contributed by atoms with Crippen molar-refractivity contribution in [3.8, 4) is 0 Å². The smallest absolute Gasteiger partial charge is 0.325 e. The van der Waals surface area contributed by atoms with Crippen LogP contribution in [0.2, 0.25) is 0 Å². The number of hydrogen-bond acceptors (Lipinski definition) is 2. The Balaban J connectivity index is 1.97. The Bertz CT molecular complexity index is 140. The molecule has 0 aromatic rings. The quantitative estimate of drug-likeness (QED) is 0.704. The van der Waals surface area contributed by atoms with E-state index >= 15 is 0 Å². The standard InChI is InChI=1S/C7H13F3N2/c8-7(9,10)2-1-3-12-4-6(11)5-12/h6H,1-5,11H2. The largest absolute Gasteiger partial charge is 0.389 e. The van der Waals surface area contributed by atoms with Crippen LogP contribution in [0.1, 0.15) is 12.8 Å². The highest BCUT2D eigenvalue weighted by Crippen LogP contribution is 2.21. The Morgan fingerprint density at radius 2 is 1.92 bits per heavy atom. The minimum absolute atomic E-state index is 0.177. The van der Waals surface area contributed by atoms with E-state index in [-0.39, 0.29) is 12.5 Å². The van der Waals surface area contributed by atoms with Crippen molar-refractivity contribution in [3.05, 3.63) is 0 Å². The summed E-state index contributed by atoms with van der Waals surface area (Å²) in [5.74, 6) is 0. The fraction of sp³-hybridized carbons (Fsp3) is 1.00. The molecule has 0 bridgehead atoms. The van der Waals surface area contributed by atoms with Gasteiger partial charge in [-0.1, -0.05) is 0 Å². The van der Waals surface area contributed by atoms with Gasteiger partial charge in [0, 0.05) is 25.6 Å². The van der Waals surface area contributed by atoms with Crippen molar-refractivity contribution in [2.45, 2.75) is 25.1 Å². The van der Waals surface area contributed by atoms with Gasteiger partial charge >= 0.3 is 6.18 Å². The molecule has 2 nitrogen and oxygen atoms in total. The first-order valence-corrected chi connectivity index (χ1v) is 4.02. The van der Waals surface area contributed by atoms with Gasteiger partial charge in [-0.3, -0.25) is 0 Å². The molecule has 1 heterocycles. The zero-order chi connectivity index (χ0) is 9.19. The molecule has 1 aliphatic rings. The SMILES string of the molecule is NC1CN(CCCC(F)(F)F)C1. The van der Waals surface area contributed by atoms with Gasteiger partial charge in [-0.25, -0.2) is 0 Å². The maximum atomic E-state index is 11.7. The maximum Gasteiger partial charge on any atom is 0.389 e. The summed E-state index contributed by atoms with van der Waals surface area (Å²) in [7, 11) is 0. The molecule has 2 N–H and O–H groups in total. The molecule has 5 heteroatoms. The third-order valence-electron chi connectivity index (χ3n) is 1.92. The fourth-order valence-electron chi connectivity index (χ4n) is 1.30. The number of nitrogens with zero attached hydrogens (tertiary/aromatic N) is 1. The molecule has 72 valence electrons. The van der Waals surface area contributed by atoms with Crippen LogP contribution in [0.25, 0.3) is 0 Å². The second-order valence-electron chi connectivity index (χ2n) is 3.24. The summed E-state index contributed by atoms with van der Waals surface area (Å²) in [4.78, 5) is 1.94. The number of halogens is 3. The minimum atomic E-state index is -4.01. The first-order valence-electron chi connectivity index (χ1n) is 4.02. The van der Waals surface area contributed by atoms with Crippen LogP contribution in [0.3, 0.4) is 0 Å². The summed E-state index contributed by atoms with van der Waals surface area (Å²) >= 11 is 0. The molecule has 0 saturated carbocycles. The highest BCUT2D eigenvalue weighted by atomic mass is 19.4. The van der Waals surface area contributed by atoms with E-state index in [1.165, 1.54) is 0 Å². The van der Waals surface area contributed by atoms with E-state index in [9.17, 15) is 13.2 Å². The first-order chi connectivity index (χ1) is 5.47. The Labute approximate surface area is 69.5 Å². The molecular formula is C7H13F3N2. The van der Waals surface area contributed by atoms with Gasteiger partial charge in [-0.15, -0.1) is 0 Å². The van der Waals surface area contributed by atoms with Crippen molar-refractivity contribution in [2.24, 2.45) is 5.73 Å². The van der Waals surface area contributed by atoms with E-state index in [1.807, 2.05) is 4.90 Å². The Morgan fingerprint density at radius 3 is 2.33 bits per heavy atom. The molecule has 0 unspecified atom stereocenters. The van der Waals surface area contributed by atoms with Crippen LogP contribution in [0.15, 0.2) is 0 Å². The number of rotatable bonds is 3. The van der Waals surface area contributed by atoms with Crippen molar-refractivity contribution < 1.29 is 13.2 Å². The van der Waals surface area contributed by atoms with Crippen molar-refractivity contribution in [1.82, 2.24) is 4.90 Å². The number of nitrogens with two attached hydrogens (primary N) is 1. The normalized spacial score (nSPS) is 21.0. The molecule has 1 fully saturated rings. The zero-order valence-electron chi connectivity index (χ0n) is 6.77. The highest BCUT2D eigenvalue weighted by Gasteiger charge is 2.28. The summed E-state index contributed by atoms with van der Waals surface area (Å²) in [5.41, 5.74) is 5.46. The van der Waals surface area contributed by atoms with Crippen LogP contribution in [-0.4, -0.2) is 36.8 Å². The van der Waals surface area contributed by atoms with E-state index in [4.69, 9.17) is 5.73 Å². The molecule has 0 atom stereocenters. The second-order valence-corrected chi connectivity index (χ2v) is 3.24. The molecule has 0 aliphatic carbocycles. The molecule has 0 amide bonds. The first kappa shape index (κ1) is 9.80. The van der Waals surface area contributed by atoms with Gasteiger partial charge in [-0.05, 0) is 13.0 Å². The minimum Gasteiger partial charge on any atom is -0.325 e. The van der Waals surface area contributed by atoms with Gasteiger partial charge in [-0.2, -0.15) is 13.2 Å². The Hall–Kier alpha value is -0.290. The molecule has 12 heavy (non-hydrogen) atoms. The van der Waals surface area contributed by atoms with Crippen molar-refractivity contribution in [1.29, 1.82) is 0 Å². The lowest BCUT2D eigenvalue weighted by Gasteiger charge is -2.36. The average molecular weight is 182 g/mol. The molecule has 0 radical (unpaired) electrons. The predicted molar refractivity (Wildman–Crippen MR) is 39.7 cm³/mol. The summed E-state index contributed by atoms with van der Waals surface area (Å²) in [5, 5.41) is 0. The Kier molecular flexibility index (Phi) is 2.95. The molecule has 0 aromatic heterocycles. The monoisotopic (exact) mass is 182 g/mol. The second kappa shape index (κ2) is 3.62. The predicted octanol–water partition coefficient (Wildman–Crippen LogP) is 0.972. The fourth-order valence-corrected chi connectivity index (χ4v) is 1.30. The lowest BCUT2D eigenvalue weighted by atomic mass is 10.1. The molecular weight excluding hydrogens is 169 g/mol. The van der Waals surface area contributed by atoms with Crippen LogP contribution >= 0.6 is 0 Å². The molecule has 0 spiro atoms. The number of hydrogen-bond donors (Lipinski definition) is 1. The van der Waals surface area contributed by atoms with Gasteiger partial charge in [0.2, 0.25) is 0 Å². The number of alkyl halides is 3.